The Morgan fingerprint density at radius 1 is 0.968 bits per heavy atom. The topological polar surface area (TPSA) is 73.8 Å². The van der Waals surface area contributed by atoms with Crippen LogP contribution in [0.1, 0.15) is 12.8 Å². The van der Waals surface area contributed by atoms with Gasteiger partial charge in [-0.2, -0.15) is 4.31 Å². The fraction of sp³-hybridized carbons (Fsp3) is 0.429. The van der Waals surface area contributed by atoms with Crippen LogP contribution in [0, 0.1) is 5.92 Å². The van der Waals surface area contributed by atoms with Crippen molar-refractivity contribution in [1.29, 1.82) is 0 Å². The molecule has 0 bridgehead atoms. The molecule has 0 radical (unpaired) electrons. The van der Waals surface area contributed by atoms with Gasteiger partial charge in [0.1, 0.15) is 10.0 Å². The van der Waals surface area contributed by atoms with Gasteiger partial charge in [0.2, 0.25) is 15.9 Å². The molecule has 0 atom stereocenters. The molecule has 0 spiro atoms. The van der Waals surface area contributed by atoms with Crippen molar-refractivity contribution in [3.63, 3.8) is 0 Å². The van der Waals surface area contributed by atoms with Crippen LogP contribution in [0.25, 0.3) is 0 Å². The van der Waals surface area contributed by atoms with E-state index in [9.17, 15) is 13.2 Å². The van der Waals surface area contributed by atoms with Gasteiger partial charge in [-0.15, -0.1) is 0 Å². The van der Waals surface area contributed by atoms with Crippen LogP contribution in [-0.4, -0.2) is 67.8 Å². The second-order valence-electron chi connectivity index (χ2n) is 7.76. The highest BCUT2D eigenvalue weighted by molar-refractivity contribution is 7.89. The van der Waals surface area contributed by atoms with E-state index in [2.05, 4.69) is 9.88 Å². The molecule has 0 unspecified atom stereocenters. The van der Waals surface area contributed by atoms with Crippen molar-refractivity contribution in [2.75, 3.05) is 44.2 Å². The second-order valence-corrected chi connectivity index (χ2v) is 10.5. The van der Waals surface area contributed by atoms with Gasteiger partial charge in [-0.05, 0) is 43.2 Å². The Morgan fingerprint density at radius 3 is 2.32 bits per heavy atom. The third-order valence-electron chi connectivity index (χ3n) is 5.91. The molecule has 0 saturated carbocycles. The number of benzene rings is 1. The maximum absolute atomic E-state index is 13.0. The van der Waals surface area contributed by atoms with Gasteiger partial charge >= 0.3 is 0 Å². The lowest BCUT2D eigenvalue weighted by Crippen LogP contribution is -2.52. The van der Waals surface area contributed by atoms with E-state index < -0.39 is 10.0 Å². The number of amides is 1. The van der Waals surface area contributed by atoms with Gasteiger partial charge in [-0.1, -0.05) is 29.3 Å². The first kappa shape index (κ1) is 22.3. The molecule has 1 amide bonds. The molecule has 1 aromatic carbocycles. The van der Waals surface area contributed by atoms with Crippen LogP contribution in [0.4, 0.5) is 5.69 Å². The molecular formula is C21H24Cl2N4O3S. The molecule has 1 aromatic heterocycles. The number of carbonyl (C=O) groups is 1. The number of anilines is 1. The van der Waals surface area contributed by atoms with E-state index in [1.165, 1.54) is 16.6 Å². The summed E-state index contributed by atoms with van der Waals surface area (Å²) in [5.41, 5.74) is 1.06. The van der Waals surface area contributed by atoms with Crippen LogP contribution in [-0.2, 0) is 14.8 Å². The number of piperazine rings is 1. The van der Waals surface area contributed by atoms with E-state index in [1.807, 2.05) is 29.2 Å². The normalized spacial score (nSPS) is 18.9. The Bertz CT molecular complexity index is 1050. The van der Waals surface area contributed by atoms with Gasteiger partial charge in [0.05, 0.1) is 0 Å². The fourth-order valence-electron chi connectivity index (χ4n) is 4.16. The molecule has 3 heterocycles. The molecule has 2 fully saturated rings. The number of carbonyl (C=O) groups excluding carboxylic acids is 1. The lowest BCUT2D eigenvalue weighted by atomic mass is 9.96. The Hall–Kier alpha value is -1.87. The summed E-state index contributed by atoms with van der Waals surface area (Å²) >= 11 is 12.1. The molecule has 0 N–H and O–H groups in total. The summed E-state index contributed by atoms with van der Waals surface area (Å²) in [6, 6.07) is 10.7. The number of halogens is 2. The van der Waals surface area contributed by atoms with Crippen molar-refractivity contribution in [2.24, 2.45) is 5.92 Å². The SMILES string of the molecule is O=C(C1CCN(S(=O)(=O)c2cccnc2Cl)CC1)N1CCN(c2cccc(Cl)c2)CC1. The van der Waals surface area contributed by atoms with Crippen molar-refractivity contribution in [3.8, 4) is 0 Å². The quantitative estimate of drug-likeness (QED) is 0.625. The van der Waals surface area contributed by atoms with E-state index in [0.717, 1.165) is 18.8 Å². The summed E-state index contributed by atoms with van der Waals surface area (Å²) in [5.74, 6) is -0.0456. The molecule has 31 heavy (non-hydrogen) atoms. The number of piperidine rings is 1. The molecule has 7 nitrogen and oxygen atoms in total. The number of pyridine rings is 1. The summed E-state index contributed by atoms with van der Waals surface area (Å²) < 4.78 is 27.1. The molecule has 0 aliphatic carbocycles. The van der Waals surface area contributed by atoms with Gasteiger partial charge in [0, 0.05) is 62.1 Å². The highest BCUT2D eigenvalue weighted by Crippen LogP contribution is 2.28. The Labute approximate surface area is 192 Å². The first-order valence-corrected chi connectivity index (χ1v) is 12.5. The fourth-order valence-corrected chi connectivity index (χ4v) is 6.24. The number of nitrogens with zero attached hydrogens (tertiary/aromatic N) is 4. The lowest BCUT2D eigenvalue weighted by Gasteiger charge is -2.39. The average Bonchev–Trinajstić information content (AvgIpc) is 2.79. The van der Waals surface area contributed by atoms with Crippen LogP contribution in [0.3, 0.4) is 0 Å². The third kappa shape index (κ3) is 4.82. The van der Waals surface area contributed by atoms with Crippen molar-refractivity contribution in [2.45, 2.75) is 17.7 Å². The number of hydrogen-bond donors (Lipinski definition) is 0. The third-order valence-corrected chi connectivity index (χ3v) is 8.49. The van der Waals surface area contributed by atoms with Crippen molar-refractivity contribution < 1.29 is 13.2 Å². The molecule has 2 aliphatic rings. The van der Waals surface area contributed by atoms with Gasteiger partial charge in [0.15, 0.2) is 0 Å². The maximum Gasteiger partial charge on any atom is 0.246 e. The van der Waals surface area contributed by atoms with Crippen LogP contribution in [0.5, 0.6) is 0 Å². The largest absolute Gasteiger partial charge is 0.368 e. The second kappa shape index (κ2) is 9.32. The molecule has 166 valence electrons. The van der Waals surface area contributed by atoms with Crippen molar-refractivity contribution in [1.82, 2.24) is 14.2 Å². The van der Waals surface area contributed by atoms with E-state index in [4.69, 9.17) is 23.2 Å². The van der Waals surface area contributed by atoms with E-state index in [1.54, 1.807) is 6.07 Å². The molecule has 2 saturated heterocycles. The zero-order chi connectivity index (χ0) is 22.0. The smallest absolute Gasteiger partial charge is 0.246 e. The van der Waals surface area contributed by atoms with Gasteiger partial charge in [-0.25, -0.2) is 13.4 Å². The number of hydrogen-bond acceptors (Lipinski definition) is 5. The summed E-state index contributed by atoms with van der Waals surface area (Å²) in [7, 11) is -3.71. The predicted octanol–water partition coefficient (Wildman–Crippen LogP) is 3.14. The average molecular weight is 483 g/mol. The Kier molecular flexibility index (Phi) is 6.71. The summed E-state index contributed by atoms with van der Waals surface area (Å²) in [5, 5.41) is 0.670. The molecule has 2 aromatic rings. The van der Waals surface area contributed by atoms with Gasteiger partial charge in [0.25, 0.3) is 0 Å². The van der Waals surface area contributed by atoms with Gasteiger partial charge < -0.3 is 9.80 Å². The van der Waals surface area contributed by atoms with E-state index in [-0.39, 0.29) is 21.9 Å². The number of aromatic nitrogens is 1. The van der Waals surface area contributed by atoms with E-state index in [0.29, 0.717) is 44.0 Å². The van der Waals surface area contributed by atoms with Crippen LogP contribution in [0.15, 0.2) is 47.5 Å². The van der Waals surface area contributed by atoms with Crippen molar-refractivity contribution >= 4 is 44.8 Å². The van der Waals surface area contributed by atoms with Crippen LogP contribution >= 0.6 is 23.2 Å². The first-order valence-electron chi connectivity index (χ1n) is 10.3. The first-order chi connectivity index (χ1) is 14.9. The van der Waals surface area contributed by atoms with Crippen LogP contribution in [0.2, 0.25) is 10.2 Å². The van der Waals surface area contributed by atoms with Gasteiger partial charge in [-0.3, -0.25) is 4.79 Å². The zero-order valence-corrected chi connectivity index (χ0v) is 19.3. The maximum atomic E-state index is 13.0. The molecule has 4 rings (SSSR count). The molecule has 10 heteroatoms. The van der Waals surface area contributed by atoms with Crippen molar-refractivity contribution in [3.05, 3.63) is 52.8 Å². The summed E-state index contributed by atoms with van der Waals surface area (Å²) in [4.78, 5) is 21.0. The minimum absolute atomic E-state index is 0.0126. The van der Waals surface area contributed by atoms with Crippen LogP contribution < -0.4 is 4.90 Å². The molecular weight excluding hydrogens is 459 g/mol. The Morgan fingerprint density at radius 2 is 1.68 bits per heavy atom. The standard InChI is InChI=1S/C21H24Cl2N4O3S/c22-17-3-1-4-18(15-17)25-11-13-26(14-12-25)21(28)16-6-9-27(10-7-16)31(29,30)19-5-2-8-24-20(19)23/h1-5,8,15-16H,6-7,9-14H2. The van der Waals surface area contributed by atoms with E-state index >= 15 is 0 Å². The summed E-state index contributed by atoms with van der Waals surface area (Å²) in [6.07, 6.45) is 2.47. The number of sulfonamides is 1. The minimum atomic E-state index is -3.71. The zero-order valence-electron chi connectivity index (χ0n) is 17.0. The summed E-state index contributed by atoms with van der Waals surface area (Å²) in [6.45, 7) is 3.39. The lowest BCUT2D eigenvalue weighted by molar-refractivity contribution is -0.137. The highest BCUT2D eigenvalue weighted by Gasteiger charge is 2.35. The number of rotatable bonds is 4. The molecule has 2 aliphatic heterocycles. The predicted molar refractivity (Wildman–Crippen MR) is 121 cm³/mol. The minimum Gasteiger partial charge on any atom is -0.368 e. The monoisotopic (exact) mass is 482 g/mol. The highest BCUT2D eigenvalue weighted by atomic mass is 35.5. The Balaban J connectivity index is 1.32.